The highest BCUT2D eigenvalue weighted by Crippen LogP contribution is 2.65. The molecule has 2 aliphatic carbocycles. The molecule has 5 heteroatoms. The van der Waals surface area contributed by atoms with E-state index in [1.807, 2.05) is 0 Å². The number of hydrazone groups is 1. The topological polar surface area (TPSA) is 41.9 Å². The summed E-state index contributed by atoms with van der Waals surface area (Å²) in [4.78, 5) is 12.7. The van der Waals surface area contributed by atoms with Gasteiger partial charge in [0.1, 0.15) is 11.6 Å². The summed E-state index contributed by atoms with van der Waals surface area (Å²) in [6.45, 7) is 8.93. The first-order chi connectivity index (χ1) is 12.8. The molecule has 2 bridgehead atoms. The van der Waals surface area contributed by atoms with Gasteiger partial charge < -0.3 is 4.74 Å². The number of amides is 1. The van der Waals surface area contributed by atoms with E-state index < -0.39 is 0 Å². The number of carbonyl (C=O) groups excluding carboxylic acids is 1. The standard InChI is InChI=1S/C22H29BrN2O2/c1-5-18(14(2)12-15-6-8-17(23)9-7-15)24-25-20(26)27-19-13-16-10-11-22(19,25)21(16,3)4/h6-9,14,16,19H,5,10-13H2,1-4H3/b24-18-/t14-,16-,19-,22-/m1/s1. The predicted octanol–water partition coefficient (Wildman–Crippen LogP) is 5.79. The van der Waals surface area contributed by atoms with Crippen LogP contribution in [0.5, 0.6) is 0 Å². The van der Waals surface area contributed by atoms with Gasteiger partial charge in [-0.05, 0) is 61.1 Å². The molecule has 0 unspecified atom stereocenters. The molecule has 1 amide bonds. The first-order valence-corrected chi connectivity index (χ1v) is 10.9. The number of carbonyl (C=O) groups is 1. The molecule has 2 saturated carbocycles. The zero-order valence-corrected chi connectivity index (χ0v) is 18.3. The maximum absolute atomic E-state index is 12.7. The molecule has 4 nitrogen and oxygen atoms in total. The lowest BCUT2D eigenvalue weighted by Crippen LogP contribution is -2.53. The number of halogens is 1. The summed E-state index contributed by atoms with van der Waals surface area (Å²) in [5, 5.41) is 6.71. The highest BCUT2D eigenvalue weighted by Gasteiger charge is 2.73. The fraction of sp³-hybridized carbons (Fsp3) is 0.636. The predicted molar refractivity (Wildman–Crippen MR) is 111 cm³/mol. The van der Waals surface area contributed by atoms with Crippen molar-refractivity contribution in [1.82, 2.24) is 5.01 Å². The third kappa shape index (κ3) is 2.76. The number of ether oxygens (including phenoxy) is 1. The molecular formula is C22H29BrN2O2. The van der Waals surface area contributed by atoms with Crippen LogP contribution >= 0.6 is 15.9 Å². The Labute approximate surface area is 170 Å². The summed E-state index contributed by atoms with van der Waals surface area (Å²) >= 11 is 3.49. The SMILES string of the molecule is CC/C(=N/N1C(=O)O[C@@H]2C[C@H]3CC[C@]21C3(C)C)[C@H](C)Cc1ccc(Br)cc1. The molecule has 0 radical (unpaired) electrons. The molecule has 1 spiro atoms. The fourth-order valence-electron chi connectivity index (χ4n) is 5.74. The zero-order valence-electron chi connectivity index (χ0n) is 16.7. The van der Waals surface area contributed by atoms with Crippen LogP contribution in [0.2, 0.25) is 0 Å². The molecule has 1 aromatic rings. The summed E-state index contributed by atoms with van der Waals surface area (Å²) in [6.07, 6.45) is 4.67. The van der Waals surface area contributed by atoms with Crippen LogP contribution in [-0.2, 0) is 11.2 Å². The Balaban J connectivity index is 1.61. The van der Waals surface area contributed by atoms with Gasteiger partial charge in [0.05, 0.1) is 0 Å². The molecule has 1 aromatic carbocycles. The van der Waals surface area contributed by atoms with Crippen molar-refractivity contribution in [1.29, 1.82) is 0 Å². The highest BCUT2D eigenvalue weighted by molar-refractivity contribution is 9.10. The van der Waals surface area contributed by atoms with Crippen molar-refractivity contribution in [3.05, 3.63) is 34.3 Å². The van der Waals surface area contributed by atoms with Gasteiger partial charge in [-0.15, -0.1) is 0 Å². The van der Waals surface area contributed by atoms with E-state index in [1.165, 1.54) is 12.0 Å². The van der Waals surface area contributed by atoms with Crippen molar-refractivity contribution < 1.29 is 9.53 Å². The van der Waals surface area contributed by atoms with Gasteiger partial charge in [-0.1, -0.05) is 55.8 Å². The second-order valence-corrected chi connectivity index (χ2v) is 9.89. The lowest BCUT2D eigenvalue weighted by Gasteiger charge is -2.40. The van der Waals surface area contributed by atoms with Gasteiger partial charge in [0.25, 0.3) is 0 Å². The molecule has 1 aliphatic heterocycles. The first kappa shape index (κ1) is 19.0. The Hall–Kier alpha value is -1.36. The third-order valence-electron chi connectivity index (χ3n) is 7.45. The van der Waals surface area contributed by atoms with E-state index in [-0.39, 0.29) is 29.1 Å². The quantitative estimate of drug-likeness (QED) is 0.552. The van der Waals surface area contributed by atoms with Gasteiger partial charge in [0, 0.05) is 16.1 Å². The van der Waals surface area contributed by atoms with E-state index >= 15 is 0 Å². The van der Waals surface area contributed by atoms with Crippen LogP contribution in [0.15, 0.2) is 33.8 Å². The average molecular weight is 433 g/mol. The van der Waals surface area contributed by atoms with Gasteiger partial charge in [0.2, 0.25) is 0 Å². The van der Waals surface area contributed by atoms with Crippen LogP contribution < -0.4 is 0 Å². The molecular weight excluding hydrogens is 404 g/mol. The van der Waals surface area contributed by atoms with Crippen LogP contribution in [0, 0.1) is 17.3 Å². The summed E-state index contributed by atoms with van der Waals surface area (Å²) in [5.41, 5.74) is 2.17. The van der Waals surface area contributed by atoms with E-state index in [0.29, 0.717) is 5.92 Å². The number of fused-ring (bicyclic) bond motifs is 1. The molecule has 4 rings (SSSR count). The molecule has 1 saturated heterocycles. The molecule has 27 heavy (non-hydrogen) atoms. The number of hydrogen-bond acceptors (Lipinski definition) is 3. The maximum Gasteiger partial charge on any atom is 0.431 e. The summed E-state index contributed by atoms with van der Waals surface area (Å²) in [5.74, 6) is 0.903. The van der Waals surface area contributed by atoms with E-state index in [9.17, 15) is 4.79 Å². The lowest BCUT2D eigenvalue weighted by molar-refractivity contribution is 0.0566. The van der Waals surface area contributed by atoms with E-state index in [1.54, 1.807) is 5.01 Å². The van der Waals surface area contributed by atoms with Crippen LogP contribution in [0.25, 0.3) is 0 Å². The van der Waals surface area contributed by atoms with E-state index in [0.717, 1.165) is 35.9 Å². The van der Waals surface area contributed by atoms with Gasteiger partial charge in [-0.2, -0.15) is 10.1 Å². The Kier molecular flexibility index (Phi) is 4.65. The third-order valence-corrected chi connectivity index (χ3v) is 7.98. The van der Waals surface area contributed by atoms with E-state index in [2.05, 4.69) is 67.9 Å². The number of hydrogen-bond donors (Lipinski definition) is 0. The second kappa shape index (κ2) is 6.61. The van der Waals surface area contributed by atoms with Crippen molar-refractivity contribution in [3.63, 3.8) is 0 Å². The highest BCUT2D eigenvalue weighted by atomic mass is 79.9. The van der Waals surface area contributed by atoms with Crippen molar-refractivity contribution in [2.24, 2.45) is 22.4 Å². The van der Waals surface area contributed by atoms with Crippen LogP contribution in [0.1, 0.15) is 58.9 Å². The van der Waals surface area contributed by atoms with Crippen LogP contribution in [0.3, 0.4) is 0 Å². The number of nitrogens with zero attached hydrogens (tertiary/aromatic N) is 2. The molecule has 4 atom stereocenters. The second-order valence-electron chi connectivity index (χ2n) is 8.98. The van der Waals surface area contributed by atoms with Crippen molar-refractivity contribution >= 4 is 27.7 Å². The van der Waals surface area contributed by atoms with E-state index in [4.69, 9.17) is 9.84 Å². The molecule has 3 aliphatic rings. The number of rotatable bonds is 5. The Bertz CT molecular complexity index is 773. The van der Waals surface area contributed by atoms with Crippen LogP contribution in [-0.4, -0.2) is 28.5 Å². The molecule has 146 valence electrons. The minimum absolute atomic E-state index is 0.00221. The van der Waals surface area contributed by atoms with Gasteiger partial charge in [-0.3, -0.25) is 0 Å². The lowest BCUT2D eigenvalue weighted by atomic mass is 9.75. The zero-order chi connectivity index (χ0) is 19.4. The minimum atomic E-state index is -0.257. The van der Waals surface area contributed by atoms with Crippen molar-refractivity contribution in [2.45, 2.75) is 71.4 Å². The largest absolute Gasteiger partial charge is 0.442 e. The normalized spacial score (nSPS) is 32.6. The Morgan fingerprint density at radius 1 is 1.37 bits per heavy atom. The summed E-state index contributed by atoms with van der Waals surface area (Å²) in [7, 11) is 0. The Morgan fingerprint density at radius 3 is 2.70 bits per heavy atom. The molecule has 0 aromatic heterocycles. The van der Waals surface area contributed by atoms with Gasteiger partial charge >= 0.3 is 6.09 Å². The number of benzene rings is 1. The van der Waals surface area contributed by atoms with Gasteiger partial charge in [-0.25, -0.2) is 4.79 Å². The molecule has 1 heterocycles. The van der Waals surface area contributed by atoms with Crippen molar-refractivity contribution in [2.75, 3.05) is 0 Å². The van der Waals surface area contributed by atoms with Crippen molar-refractivity contribution in [3.8, 4) is 0 Å². The fourth-order valence-corrected chi connectivity index (χ4v) is 6.00. The monoisotopic (exact) mass is 432 g/mol. The average Bonchev–Trinajstić information content (AvgIpc) is 3.14. The molecule has 3 fully saturated rings. The Morgan fingerprint density at radius 2 is 2.07 bits per heavy atom. The summed E-state index contributed by atoms with van der Waals surface area (Å²) < 4.78 is 6.88. The maximum atomic E-state index is 12.7. The molecule has 0 N–H and O–H groups in total. The smallest absolute Gasteiger partial charge is 0.431 e. The van der Waals surface area contributed by atoms with Gasteiger partial charge in [0.15, 0.2) is 0 Å². The first-order valence-electron chi connectivity index (χ1n) is 10.1. The van der Waals surface area contributed by atoms with Crippen LogP contribution in [0.4, 0.5) is 4.79 Å². The minimum Gasteiger partial charge on any atom is -0.442 e. The summed E-state index contributed by atoms with van der Waals surface area (Å²) in [6, 6.07) is 8.44.